The monoisotopic (exact) mass is 274 g/mol. The fourth-order valence-corrected chi connectivity index (χ4v) is 1.69. The van der Waals surface area contributed by atoms with E-state index in [1.165, 1.54) is 0 Å². The van der Waals surface area contributed by atoms with E-state index in [0.29, 0.717) is 15.8 Å². The maximum Gasteiger partial charge on any atom is 0.145 e. The smallest absolute Gasteiger partial charge is 0.145 e. The van der Waals surface area contributed by atoms with Gasteiger partial charge in [0.05, 0.1) is 5.02 Å². The summed E-state index contributed by atoms with van der Waals surface area (Å²) in [4.78, 5) is 0. The first-order valence-corrected chi connectivity index (χ1v) is 5.97. The van der Waals surface area contributed by atoms with Crippen LogP contribution >= 0.6 is 23.2 Å². The van der Waals surface area contributed by atoms with Crippen molar-refractivity contribution in [2.75, 3.05) is 0 Å². The van der Waals surface area contributed by atoms with Gasteiger partial charge in [0.2, 0.25) is 0 Å². The molecule has 0 saturated carbocycles. The highest BCUT2D eigenvalue weighted by molar-refractivity contribution is 6.35. The van der Waals surface area contributed by atoms with Gasteiger partial charge in [-0.3, -0.25) is 0 Å². The molecule has 1 unspecified atom stereocenters. The lowest BCUT2D eigenvalue weighted by Crippen LogP contribution is -2.29. The summed E-state index contributed by atoms with van der Waals surface area (Å²) in [5.74, 6) is 0.700. The molecule has 0 heterocycles. The van der Waals surface area contributed by atoms with E-state index in [2.05, 4.69) is 6.58 Å². The Morgan fingerprint density at radius 1 is 1.35 bits per heavy atom. The van der Waals surface area contributed by atoms with Crippen LogP contribution in [0.15, 0.2) is 30.5 Å². The van der Waals surface area contributed by atoms with E-state index in [1.54, 1.807) is 18.2 Å². The molecule has 4 heteroatoms. The Labute approximate surface area is 112 Å². The number of aliphatic hydroxyl groups excluding tert-OH is 1. The highest BCUT2D eigenvalue weighted by Gasteiger charge is 2.26. The number of halogens is 2. The van der Waals surface area contributed by atoms with Crippen molar-refractivity contribution in [2.45, 2.75) is 26.9 Å². The molecule has 0 amide bonds. The molecule has 0 aliphatic rings. The second kappa shape index (κ2) is 5.30. The van der Waals surface area contributed by atoms with E-state index in [9.17, 15) is 5.11 Å². The van der Waals surface area contributed by atoms with Gasteiger partial charge in [-0.05, 0) is 23.6 Å². The van der Waals surface area contributed by atoms with Crippen LogP contribution in [0, 0.1) is 5.41 Å². The zero-order valence-corrected chi connectivity index (χ0v) is 11.6. The summed E-state index contributed by atoms with van der Waals surface area (Å²) >= 11 is 11.7. The number of hydrogen-bond acceptors (Lipinski definition) is 2. The Morgan fingerprint density at radius 2 is 1.94 bits per heavy atom. The lowest BCUT2D eigenvalue weighted by atomic mass is 9.88. The van der Waals surface area contributed by atoms with E-state index < -0.39 is 6.10 Å². The number of rotatable bonds is 3. The van der Waals surface area contributed by atoms with Crippen molar-refractivity contribution in [3.05, 3.63) is 40.6 Å². The Balaban J connectivity index is 2.82. The highest BCUT2D eigenvalue weighted by Crippen LogP contribution is 2.31. The second-order valence-electron chi connectivity index (χ2n) is 4.91. The van der Waals surface area contributed by atoms with Crippen molar-refractivity contribution in [3.8, 4) is 5.75 Å². The van der Waals surface area contributed by atoms with E-state index in [0.717, 1.165) is 0 Å². The van der Waals surface area contributed by atoms with Gasteiger partial charge >= 0.3 is 0 Å². The van der Waals surface area contributed by atoms with Crippen LogP contribution in [0.3, 0.4) is 0 Å². The molecule has 0 aromatic heterocycles. The summed E-state index contributed by atoms with van der Waals surface area (Å²) in [5, 5.41) is 10.9. The van der Waals surface area contributed by atoms with Crippen LogP contribution in [0.2, 0.25) is 10.0 Å². The Hall–Kier alpha value is -0.700. The third-order valence-electron chi connectivity index (χ3n) is 2.26. The molecular weight excluding hydrogens is 259 g/mol. The molecule has 0 spiro atoms. The summed E-state index contributed by atoms with van der Waals surface area (Å²) < 4.78 is 5.45. The summed E-state index contributed by atoms with van der Waals surface area (Å²) in [7, 11) is 0. The third kappa shape index (κ3) is 3.91. The molecule has 1 aromatic rings. The molecule has 1 N–H and O–H groups in total. The Bertz CT molecular complexity index is 422. The molecule has 17 heavy (non-hydrogen) atoms. The minimum atomic E-state index is -0.769. The van der Waals surface area contributed by atoms with Gasteiger partial charge in [0, 0.05) is 5.02 Å². The van der Waals surface area contributed by atoms with Crippen LogP contribution in [-0.4, -0.2) is 11.2 Å². The topological polar surface area (TPSA) is 29.5 Å². The first-order chi connectivity index (χ1) is 7.71. The summed E-state index contributed by atoms with van der Waals surface area (Å²) in [5.41, 5.74) is -0.337. The number of benzene rings is 1. The highest BCUT2D eigenvalue weighted by atomic mass is 35.5. The van der Waals surface area contributed by atoms with E-state index in [-0.39, 0.29) is 11.2 Å². The Kier molecular flexibility index (Phi) is 4.48. The molecule has 2 nitrogen and oxygen atoms in total. The van der Waals surface area contributed by atoms with Gasteiger partial charge in [-0.15, -0.1) is 0 Å². The number of ether oxygens (including phenoxy) is 1. The van der Waals surface area contributed by atoms with Crippen LogP contribution in [0.1, 0.15) is 20.8 Å². The van der Waals surface area contributed by atoms with Gasteiger partial charge in [-0.2, -0.15) is 0 Å². The minimum Gasteiger partial charge on any atom is -0.458 e. The molecule has 1 rings (SSSR count). The SMILES string of the molecule is C=C(Oc1ccc(Cl)cc1Cl)C(O)C(C)(C)C. The normalized spacial score (nSPS) is 13.3. The van der Waals surface area contributed by atoms with Crippen LogP contribution in [0.25, 0.3) is 0 Å². The minimum absolute atomic E-state index is 0.265. The molecule has 0 bridgehead atoms. The molecule has 0 aliphatic carbocycles. The van der Waals surface area contributed by atoms with Gasteiger partial charge in [-0.1, -0.05) is 50.6 Å². The van der Waals surface area contributed by atoms with Crippen molar-refractivity contribution in [2.24, 2.45) is 5.41 Å². The third-order valence-corrected chi connectivity index (χ3v) is 2.79. The maximum absolute atomic E-state index is 9.97. The lowest BCUT2D eigenvalue weighted by molar-refractivity contribution is 0.0633. The van der Waals surface area contributed by atoms with E-state index >= 15 is 0 Å². The molecule has 94 valence electrons. The Morgan fingerprint density at radius 3 is 2.41 bits per heavy atom. The van der Waals surface area contributed by atoms with Crippen molar-refractivity contribution in [3.63, 3.8) is 0 Å². The summed E-state index contributed by atoms with van der Waals surface area (Å²) in [6, 6.07) is 4.89. The molecule has 0 radical (unpaired) electrons. The summed E-state index contributed by atoms with van der Waals surface area (Å²) in [6.07, 6.45) is -0.769. The standard InChI is InChI=1S/C13H16Cl2O2/c1-8(12(16)13(2,3)4)17-11-6-5-9(14)7-10(11)15/h5-7,12,16H,1H2,2-4H3. The fourth-order valence-electron chi connectivity index (χ4n) is 1.24. The molecular formula is C13H16Cl2O2. The molecule has 0 fully saturated rings. The number of aliphatic hydroxyl groups is 1. The van der Waals surface area contributed by atoms with Gasteiger partial charge in [-0.25, -0.2) is 0 Å². The van der Waals surface area contributed by atoms with Crippen molar-refractivity contribution in [1.82, 2.24) is 0 Å². The lowest BCUT2D eigenvalue weighted by Gasteiger charge is -2.27. The van der Waals surface area contributed by atoms with E-state index in [1.807, 2.05) is 20.8 Å². The zero-order chi connectivity index (χ0) is 13.2. The molecule has 0 aliphatic heterocycles. The maximum atomic E-state index is 9.97. The van der Waals surface area contributed by atoms with Crippen LogP contribution in [-0.2, 0) is 0 Å². The largest absolute Gasteiger partial charge is 0.458 e. The van der Waals surface area contributed by atoms with Crippen LogP contribution < -0.4 is 4.74 Å². The fraction of sp³-hybridized carbons (Fsp3) is 0.385. The van der Waals surface area contributed by atoms with Gasteiger partial charge < -0.3 is 9.84 Å². The van der Waals surface area contributed by atoms with Crippen molar-refractivity contribution >= 4 is 23.2 Å². The van der Waals surface area contributed by atoms with Crippen LogP contribution in [0.4, 0.5) is 0 Å². The second-order valence-corrected chi connectivity index (χ2v) is 5.76. The zero-order valence-electron chi connectivity index (χ0n) is 10.1. The van der Waals surface area contributed by atoms with Gasteiger partial charge in [0.1, 0.15) is 17.6 Å². The predicted octanol–water partition coefficient (Wildman–Crippen LogP) is 4.29. The number of hydrogen-bond donors (Lipinski definition) is 1. The van der Waals surface area contributed by atoms with Gasteiger partial charge in [0.25, 0.3) is 0 Å². The molecule has 1 atom stereocenters. The predicted molar refractivity (Wildman–Crippen MR) is 71.7 cm³/mol. The van der Waals surface area contributed by atoms with Gasteiger partial charge in [0.15, 0.2) is 0 Å². The van der Waals surface area contributed by atoms with Crippen molar-refractivity contribution < 1.29 is 9.84 Å². The average Bonchev–Trinajstić information content (AvgIpc) is 2.19. The molecule has 1 aromatic carbocycles. The molecule has 0 saturated heterocycles. The van der Waals surface area contributed by atoms with Crippen molar-refractivity contribution in [1.29, 1.82) is 0 Å². The average molecular weight is 275 g/mol. The first kappa shape index (κ1) is 14.4. The quantitative estimate of drug-likeness (QED) is 0.834. The summed E-state index contributed by atoms with van der Waals surface area (Å²) in [6.45, 7) is 9.41. The first-order valence-electron chi connectivity index (χ1n) is 5.21. The van der Waals surface area contributed by atoms with Crippen LogP contribution in [0.5, 0.6) is 5.75 Å². The van der Waals surface area contributed by atoms with E-state index in [4.69, 9.17) is 27.9 Å².